The van der Waals surface area contributed by atoms with Gasteiger partial charge in [0.05, 0.1) is 5.52 Å². The predicted octanol–water partition coefficient (Wildman–Crippen LogP) is 3.52. The average molecular weight is 229 g/mol. The molecule has 17 heavy (non-hydrogen) atoms. The fourth-order valence-corrected chi connectivity index (χ4v) is 2.32. The van der Waals surface area contributed by atoms with Gasteiger partial charge in [0.1, 0.15) is 0 Å². The highest BCUT2D eigenvalue weighted by Gasteiger charge is 2.11. The van der Waals surface area contributed by atoms with Crippen molar-refractivity contribution in [2.75, 3.05) is 0 Å². The average Bonchev–Trinajstić information content (AvgIpc) is 2.32. The monoisotopic (exact) mass is 229 g/mol. The smallest absolute Gasteiger partial charge is 0.192 e. The Bertz CT molecular complexity index is 608. The molecular weight excluding hydrogens is 210 g/mol. The van der Waals surface area contributed by atoms with Crippen molar-refractivity contribution in [2.45, 2.75) is 40.0 Å². The Kier molecular flexibility index (Phi) is 3.05. The van der Waals surface area contributed by atoms with Gasteiger partial charge in [-0.25, -0.2) is 0 Å². The number of benzene rings is 1. The molecule has 0 aliphatic heterocycles. The number of aryl methyl sites for hydroxylation is 1. The fourth-order valence-electron chi connectivity index (χ4n) is 2.32. The number of fused-ring (bicyclic) bond motifs is 1. The van der Waals surface area contributed by atoms with Crippen LogP contribution in [0.4, 0.5) is 0 Å². The predicted molar refractivity (Wildman–Crippen MR) is 72.8 cm³/mol. The molecule has 1 aromatic carbocycles. The minimum Gasteiger partial charge on any atom is -0.358 e. The van der Waals surface area contributed by atoms with Crippen molar-refractivity contribution in [1.82, 2.24) is 4.98 Å². The van der Waals surface area contributed by atoms with Gasteiger partial charge in [-0.1, -0.05) is 32.9 Å². The third kappa shape index (κ3) is 1.88. The molecule has 0 aliphatic rings. The standard InChI is InChI=1S/C15H19NO/c1-5-13-10(4)15(17)12-8-6-7-11(9(2)3)14(12)16-13/h6-9H,5H2,1-4H3,(H,16,17). The molecule has 0 unspecified atom stereocenters. The van der Waals surface area contributed by atoms with Crippen LogP contribution in [0, 0.1) is 6.92 Å². The van der Waals surface area contributed by atoms with Crippen molar-refractivity contribution in [1.29, 1.82) is 0 Å². The molecule has 0 radical (unpaired) electrons. The highest BCUT2D eigenvalue weighted by molar-refractivity contribution is 5.83. The van der Waals surface area contributed by atoms with Crippen LogP contribution < -0.4 is 5.43 Å². The summed E-state index contributed by atoms with van der Waals surface area (Å²) in [5.74, 6) is 0.418. The third-order valence-electron chi connectivity index (χ3n) is 3.39. The number of nitrogens with one attached hydrogen (secondary N) is 1. The van der Waals surface area contributed by atoms with E-state index in [9.17, 15) is 4.79 Å². The highest BCUT2D eigenvalue weighted by atomic mass is 16.1. The van der Waals surface area contributed by atoms with Crippen LogP contribution in [-0.2, 0) is 6.42 Å². The SMILES string of the molecule is CCc1[nH]c2c(C(C)C)cccc2c(=O)c1C. The van der Waals surface area contributed by atoms with E-state index in [0.29, 0.717) is 5.92 Å². The summed E-state index contributed by atoms with van der Waals surface area (Å²) in [5, 5.41) is 0.811. The maximum absolute atomic E-state index is 12.3. The van der Waals surface area contributed by atoms with Gasteiger partial charge in [-0.3, -0.25) is 4.79 Å². The van der Waals surface area contributed by atoms with E-state index < -0.39 is 0 Å². The van der Waals surface area contributed by atoms with Gasteiger partial charge in [0.25, 0.3) is 0 Å². The second-order valence-electron chi connectivity index (χ2n) is 4.84. The Morgan fingerprint density at radius 2 is 2.00 bits per heavy atom. The van der Waals surface area contributed by atoms with Crippen LogP contribution in [-0.4, -0.2) is 4.98 Å². The molecule has 1 heterocycles. The highest BCUT2D eigenvalue weighted by Crippen LogP contribution is 2.23. The number of hydrogen-bond acceptors (Lipinski definition) is 1. The number of pyridine rings is 1. The Morgan fingerprint density at radius 3 is 2.59 bits per heavy atom. The largest absolute Gasteiger partial charge is 0.358 e. The molecule has 1 N–H and O–H groups in total. The van der Waals surface area contributed by atoms with Crippen LogP contribution in [0.2, 0.25) is 0 Å². The van der Waals surface area contributed by atoms with Gasteiger partial charge in [0, 0.05) is 16.6 Å². The molecule has 0 spiro atoms. The van der Waals surface area contributed by atoms with E-state index in [0.717, 1.165) is 28.6 Å². The normalized spacial score (nSPS) is 11.4. The molecule has 0 atom stereocenters. The Labute approximate surface area is 102 Å². The number of para-hydroxylation sites is 1. The maximum atomic E-state index is 12.3. The Hall–Kier alpha value is -1.57. The van der Waals surface area contributed by atoms with Crippen LogP contribution in [0.5, 0.6) is 0 Å². The molecule has 90 valence electrons. The summed E-state index contributed by atoms with van der Waals surface area (Å²) in [6.45, 7) is 8.28. The lowest BCUT2D eigenvalue weighted by molar-refractivity contribution is 0.869. The molecule has 2 rings (SSSR count). The molecule has 2 nitrogen and oxygen atoms in total. The number of rotatable bonds is 2. The summed E-state index contributed by atoms with van der Waals surface area (Å²) in [7, 11) is 0. The minimum absolute atomic E-state index is 0.165. The second-order valence-corrected chi connectivity index (χ2v) is 4.84. The van der Waals surface area contributed by atoms with Gasteiger partial charge in [0.2, 0.25) is 0 Å². The van der Waals surface area contributed by atoms with Crippen LogP contribution in [0.25, 0.3) is 10.9 Å². The van der Waals surface area contributed by atoms with Crippen molar-refractivity contribution in [2.24, 2.45) is 0 Å². The lowest BCUT2D eigenvalue weighted by Gasteiger charge is -2.12. The van der Waals surface area contributed by atoms with E-state index in [4.69, 9.17) is 0 Å². The van der Waals surface area contributed by atoms with E-state index in [2.05, 4.69) is 31.8 Å². The number of aromatic nitrogens is 1. The number of hydrogen-bond donors (Lipinski definition) is 1. The van der Waals surface area contributed by atoms with Crippen molar-refractivity contribution in [3.05, 3.63) is 45.2 Å². The zero-order chi connectivity index (χ0) is 12.6. The van der Waals surface area contributed by atoms with E-state index in [-0.39, 0.29) is 5.43 Å². The second kappa shape index (κ2) is 4.36. The molecule has 2 heteroatoms. The zero-order valence-electron chi connectivity index (χ0n) is 10.9. The van der Waals surface area contributed by atoms with Crippen molar-refractivity contribution in [3.8, 4) is 0 Å². The summed E-state index contributed by atoms with van der Waals surface area (Å²) >= 11 is 0. The topological polar surface area (TPSA) is 32.9 Å². The molecule has 0 bridgehead atoms. The summed E-state index contributed by atoms with van der Waals surface area (Å²) in [6.07, 6.45) is 0.865. The van der Waals surface area contributed by atoms with E-state index in [1.54, 1.807) is 0 Å². The summed E-state index contributed by atoms with van der Waals surface area (Å²) < 4.78 is 0. The molecule has 0 aliphatic carbocycles. The van der Waals surface area contributed by atoms with Crippen LogP contribution in [0.3, 0.4) is 0 Å². The van der Waals surface area contributed by atoms with Crippen molar-refractivity contribution in [3.63, 3.8) is 0 Å². The van der Waals surface area contributed by atoms with Gasteiger partial charge < -0.3 is 4.98 Å². The molecular formula is C15H19NO. The zero-order valence-corrected chi connectivity index (χ0v) is 10.9. The fraction of sp³-hybridized carbons (Fsp3) is 0.400. The Balaban J connectivity index is 2.92. The number of aromatic amines is 1. The Morgan fingerprint density at radius 1 is 1.29 bits per heavy atom. The quantitative estimate of drug-likeness (QED) is 0.839. The number of H-pyrrole nitrogens is 1. The van der Waals surface area contributed by atoms with Crippen molar-refractivity contribution < 1.29 is 0 Å². The van der Waals surface area contributed by atoms with Crippen LogP contribution in [0.1, 0.15) is 43.5 Å². The van der Waals surface area contributed by atoms with E-state index in [1.165, 1.54) is 5.56 Å². The van der Waals surface area contributed by atoms with E-state index >= 15 is 0 Å². The van der Waals surface area contributed by atoms with Crippen molar-refractivity contribution >= 4 is 10.9 Å². The van der Waals surface area contributed by atoms with Crippen LogP contribution in [0.15, 0.2) is 23.0 Å². The molecule has 0 saturated heterocycles. The molecule has 1 aromatic heterocycles. The van der Waals surface area contributed by atoms with Gasteiger partial charge in [-0.05, 0) is 30.9 Å². The van der Waals surface area contributed by atoms with Crippen LogP contribution >= 0.6 is 0 Å². The van der Waals surface area contributed by atoms with Gasteiger partial charge in [-0.2, -0.15) is 0 Å². The van der Waals surface area contributed by atoms with Gasteiger partial charge in [-0.15, -0.1) is 0 Å². The third-order valence-corrected chi connectivity index (χ3v) is 3.39. The first-order valence-corrected chi connectivity index (χ1v) is 6.20. The summed E-state index contributed by atoms with van der Waals surface area (Å²) in [5.41, 5.74) is 4.29. The lowest BCUT2D eigenvalue weighted by atomic mass is 9.98. The van der Waals surface area contributed by atoms with Gasteiger partial charge >= 0.3 is 0 Å². The molecule has 0 fully saturated rings. The lowest BCUT2D eigenvalue weighted by Crippen LogP contribution is -2.12. The van der Waals surface area contributed by atoms with Gasteiger partial charge in [0.15, 0.2) is 5.43 Å². The first kappa shape index (κ1) is 11.9. The van der Waals surface area contributed by atoms with E-state index in [1.807, 2.05) is 19.1 Å². The molecule has 0 saturated carbocycles. The summed E-state index contributed by atoms with van der Waals surface area (Å²) in [4.78, 5) is 15.7. The molecule has 0 amide bonds. The first-order valence-electron chi connectivity index (χ1n) is 6.20. The molecule has 2 aromatic rings. The summed E-state index contributed by atoms with van der Waals surface area (Å²) in [6, 6.07) is 5.97. The maximum Gasteiger partial charge on any atom is 0.192 e. The first-order chi connectivity index (χ1) is 8.06. The minimum atomic E-state index is 0.165.